The first-order valence-corrected chi connectivity index (χ1v) is 9.70. The van der Waals surface area contributed by atoms with Gasteiger partial charge in [-0.05, 0) is 36.8 Å². The normalized spacial score (nSPS) is 10.4. The summed E-state index contributed by atoms with van der Waals surface area (Å²) in [5, 5.41) is 0. The number of ether oxygens (including phenoxy) is 4. The van der Waals surface area contributed by atoms with Crippen molar-refractivity contribution in [1.82, 2.24) is 0 Å². The molecule has 0 aliphatic rings. The van der Waals surface area contributed by atoms with Crippen LogP contribution in [0.3, 0.4) is 0 Å². The smallest absolute Gasteiger partial charge is 0.144 e. The highest BCUT2D eigenvalue weighted by Gasteiger charge is 2.25. The molecule has 2 rings (SSSR count). The second-order valence-corrected chi connectivity index (χ2v) is 6.45. The number of hydrogen-bond donors (Lipinski definition) is 0. The van der Waals surface area contributed by atoms with Crippen molar-refractivity contribution in [3.63, 3.8) is 0 Å². The average Bonchev–Trinajstić information content (AvgIpc) is 2.64. The van der Waals surface area contributed by atoms with Crippen molar-refractivity contribution in [1.29, 1.82) is 0 Å². The van der Waals surface area contributed by atoms with Crippen LogP contribution in [0.4, 0.5) is 0 Å². The van der Waals surface area contributed by atoms with Crippen LogP contribution in [-0.2, 0) is 0 Å². The van der Waals surface area contributed by atoms with Crippen LogP contribution in [0, 0.1) is 0 Å². The monoisotopic (exact) mass is 366 g/mol. The van der Waals surface area contributed by atoms with E-state index in [4.69, 9.17) is 18.9 Å². The average molecular weight is 367 g/mol. The molecule has 0 bridgehead atoms. The molecule has 130 valence electrons. The molecule has 0 aliphatic carbocycles. The van der Waals surface area contributed by atoms with Crippen LogP contribution in [-0.4, -0.2) is 41.0 Å². The van der Waals surface area contributed by atoms with E-state index in [2.05, 4.69) is 0 Å². The SMILES string of the molecule is COc1ccc(SC)c(OC)c1-c1c(OC)ccc(SC)c1OC. The van der Waals surface area contributed by atoms with Gasteiger partial charge in [-0.1, -0.05) is 0 Å². The predicted molar refractivity (Wildman–Crippen MR) is 102 cm³/mol. The summed E-state index contributed by atoms with van der Waals surface area (Å²) in [5.41, 5.74) is 1.66. The molecule has 24 heavy (non-hydrogen) atoms. The molecule has 0 aliphatic heterocycles. The maximum Gasteiger partial charge on any atom is 0.144 e. The van der Waals surface area contributed by atoms with Crippen molar-refractivity contribution in [3.8, 4) is 34.1 Å². The van der Waals surface area contributed by atoms with Gasteiger partial charge in [-0.15, -0.1) is 23.5 Å². The summed E-state index contributed by atoms with van der Waals surface area (Å²) in [5.74, 6) is 2.91. The van der Waals surface area contributed by atoms with Gasteiger partial charge in [0.15, 0.2) is 0 Å². The van der Waals surface area contributed by atoms with Crippen LogP contribution in [0.25, 0.3) is 11.1 Å². The second-order valence-electron chi connectivity index (χ2n) is 4.76. The Labute approximate surface area is 151 Å². The Bertz CT molecular complexity index is 655. The molecule has 0 unspecified atom stereocenters. The summed E-state index contributed by atoms with van der Waals surface area (Å²) in [6.07, 6.45) is 4.03. The van der Waals surface area contributed by atoms with Gasteiger partial charge in [0, 0.05) is 0 Å². The fourth-order valence-corrected chi connectivity index (χ4v) is 3.78. The van der Waals surface area contributed by atoms with Crippen molar-refractivity contribution < 1.29 is 18.9 Å². The molecule has 0 heterocycles. The van der Waals surface area contributed by atoms with Crippen LogP contribution >= 0.6 is 23.5 Å². The molecule has 0 aromatic heterocycles. The zero-order valence-corrected chi connectivity index (χ0v) is 16.4. The molecule has 0 fully saturated rings. The number of hydrogen-bond acceptors (Lipinski definition) is 6. The molecular weight excluding hydrogens is 344 g/mol. The Morgan fingerprint density at radius 3 is 1.21 bits per heavy atom. The topological polar surface area (TPSA) is 36.9 Å². The Hall–Kier alpha value is -1.66. The van der Waals surface area contributed by atoms with Gasteiger partial charge in [-0.2, -0.15) is 0 Å². The van der Waals surface area contributed by atoms with Crippen molar-refractivity contribution in [2.75, 3.05) is 41.0 Å². The van der Waals surface area contributed by atoms with Gasteiger partial charge in [0.05, 0.1) is 49.4 Å². The van der Waals surface area contributed by atoms with E-state index >= 15 is 0 Å². The maximum absolute atomic E-state index is 5.72. The van der Waals surface area contributed by atoms with Crippen LogP contribution in [0.1, 0.15) is 0 Å². The highest BCUT2D eigenvalue weighted by atomic mass is 32.2. The lowest BCUT2D eigenvalue weighted by atomic mass is 10.0. The highest BCUT2D eigenvalue weighted by Crippen LogP contribution is 2.52. The largest absolute Gasteiger partial charge is 0.496 e. The van der Waals surface area contributed by atoms with Crippen LogP contribution in [0.2, 0.25) is 0 Å². The molecule has 0 saturated heterocycles. The fourth-order valence-electron chi connectivity index (χ4n) is 2.63. The van der Waals surface area contributed by atoms with E-state index in [9.17, 15) is 0 Å². The summed E-state index contributed by atoms with van der Waals surface area (Å²) < 4.78 is 22.7. The molecule has 2 aromatic rings. The van der Waals surface area contributed by atoms with Gasteiger partial charge in [0.2, 0.25) is 0 Å². The molecule has 0 amide bonds. The van der Waals surface area contributed by atoms with Crippen molar-refractivity contribution in [3.05, 3.63) is 24.3 Å². The van der Waals surface area contributed by atoms with E-state index in [1.165, 1.54) is 0 Å². The number of thioether (sulfide) groups is 2. The molecule has 0 radical (unpaired) electrons. The molecule has 4 nitrogen and oxygen atoms in total. The molecule has 2 aromatic carbocycles. The third-order valence-electron chi connectivity index (χ3n) is 3.70. The van der Waals surface area contributed by atoms with E-state index in [1.807, 2.05) is 36.8 Å². The van der Waals surface area contributed by atoms with Crippen LogP contribution in [0.5, 0.6) is 23.0 Å². The third-order valence-corrected chi connectivity index (χ3v) is 5.23. The Kier molecular flexibility index (Phi) is 6.57. The van der Waals surface area contributed by atoms with Crippen molar-refractivity contribution in [2.24, 2.45) is 0 Å². The summed E-state index contributed by atoms with van der Waals surface area (Å²) in [6.45, 7) is 0. The van der Waals surface area contributed by atoms with E-state index in [0.717, 1.165) is 32.4 Å². The first-order valence-electron chi connectivity index (χ1n) is 7.25. The van der Waals surface area contributed by atoms with Gasteiger partial charge in [0.1, 0.15) is 23.0 Å². The standard InChI is InChI=1S/C18H22O4S2/c1-19-11-7-9-13(23-5)17(21-3)15(11)16-12(20-2)8-10-14(24-6)18(16)22-4/h7-10H,1-6H3. The molecule has 0 atom stereocenters. The summed E-state index contributed by atoms with van der Waals surface area (Å²) >= 11 is 3.23. The van der Waals surface area contributed by atoms with Gasteiger partial charge in [0.25, 0.3) is 0 Å². The minimum absolute atomic E-state index is 0.708. The Balaban J connectivity index is 2.94. The summed E-state index contributed by atoms with van der Waals surface area (Å²) in [6, 6.07) is 7.86. The van der Waals surface area contributed by atoms with Gasteiger partial charge in [-0.25, -0.2) is 0 Å². The second kappa shape index (κ2) is 8.44. The number of benzene rings is 2. The van der Waals surface area contributed by atoms with Crippen LogP contribution in [0.15, 0.2) is 34.1 Å². The summed E-state index contributed by atoms with van der Waals surface area (Å²) in [4.78, 5) is 2.04. The molecule has 0 spiro atoms. The lowest BCUT2D eigenvalue weighted by molar-refractivity contribution is 0.379. The molecule has 0 N–H and O–H groups in total. The molecular formula is C18H22O4S2. The lowest BCUT2D eigenvalue weighted by Gasteiger charge is -2.21. The summed E-state index contributed by atoms with van der Waals surface area (Å²) in [7, 11) is 6.62. The first kappa shape index (κ1) is 18.7. The van der Waals surface area contributed by atoms with Crippen molar-refractivity contribution >= 4 is 23.5 Å². The van der Waals surface area contributed by atoms with Crippen molar-refractivity contribution in [2.45, 2.75) is 9.79 Å². The maximum atomic E-state index is 5.72. The van der Waals surface area contributed by atoms with E-state index in [1.54, 1.807) is 52.0 Å². The van der Waals surface area contributed by atoms with E-state index < -0.39 is 0 Å². The van der Waals surface area contributed by atoms with E-state index in [0.29, 0.717) is 11.5 Å². The predicted octanol–water partition coefficient (Wildman–Crippen LogP) is 4.83. The molecule has 6 heteroatoms. The lowest BCUT2D eigenvalue weighted by Crippen LogP contribution is -2.00. The van der Waals surface area contributed by atoms with E-state index in [-0.39, 0.29) is 0 Å². The Morgan fingerprint density at radius 1 is 0.583 bits per heavy atom. The third kappa shape index (κ3) is 3.26. The van der Waals surface area contributed by atoms with Crippen LogP contribution < -0.4 is 18.9 Å². The number of rotatable bonds is 7. The quantitative estimate of drug-likeness (QED) is 0.653. The van der Waals surface area contributed by atoms with Gasteiger partial charge < -0.3 is 18.9 Å². The Morgan fingerprint density at radius 2 is 0.958 bits per heavy atom. The van der Waals surface area contributed by atoms with Gasteiger partial charge >= 0.3 is 0 Å². The first-order chi connectivity index (χ1) is 11.7. The zero-order chi connectivity index (χ0) is 17.7. The minimum Gasteiger partial charge on any atom is -0.496 e. The highest BCUT2D eigenvalue weighted by molar-refractivity contribution is 7.99. The fraction of sp³-hybridized carbons (Fsp3) is 0.333. The molecule has 0 saturated carbocycles. The number of methoxy groups -OCH3 is 4. The van der Waals surface area contributed by atoms with Gasteiger partial charge in [-0.3, -0.25) is 0 Å². The zero-order valence-electron chi connectivity index (χ0n) is 14.8. The minimum atomic E-state index is 0.708.